The number of ether oxygens (including phenoxy) is 1. The summed E-state index contributed by atoms with van der Waals surface area (Å²) in [7, 11) is 0. The van der Waals surface area contributed by atoms with Gasteiger partial charge in [-0.2, -0.15) is 0 Å². The molecule has 1 aromatic carbocycles. The molecular weight excluding hydrogens is 352 g/mol. The van der Waals surface area contributed by atoms with Crippen LogP contribution in [-0.4, -0.2) is 28.7 Å². The lowest BCUT2D eigenvalue weighted by molar-refractivity contribution is -0.136. The van der Waals surface area contributed by atoms with Gasteiger partial charge < -0.3 is 15.2 Å². The SMILES string of the molecule is CC(C)(C)C1CCC(Oc2ccc3cc(CNCCC(=O)O)ncc3c2)CC1. The van der Waals surface area contributed by atoms with Crippen molar-refractivity contribution in [3.05, 3.63) is 36.2 Å². The van der Waals surface area contributed by atoms with Gasteiger partial charge in [-0.05, 0) is 60.6 Å². The maximum Gasteiger partial charge on any atom is 0.304 e. The third-order valence-corrected chi connectivity index (χ3v) is 5.77. The zero-order chi connectivity index (χ0) is 20.1. The van der Waals surface area contributed by atoms with E-state index in [1.54, 1.807) is 0 Å². The highest BCUT2D eigenvalue weighted by Crippen LogP contribution is 2.38. The average molecular weight is 385 g/mol. The topological polar surface area (TPSA) is 71.5 Å². The highest BCUT2D eigenvalue weighted by atomic mass is 16.5. The molecule has 1 saturated carbocycles. The number of rotatable bonds is 7. The van der Waals surface area contributed by atoms with Crippen LogP contribution in [0.15, 0.2) is 30.5 Å². The normalized spacial score (nSPS) is 20.2. The van der Waals surface area contributed by atoms with Gasteiger partial charge in [-0.3, -0.25) is 9.78 Å². The van der Waals surface area contributed by atoms with Gasteiger partial charge in [0.25, 0.3) is 0 Å². The lowest BCUT2D eigenvalue weighted by atomic mass is 9.72. The van der Waals surface area contributed by atoms with Gasteiger partial charge >= 0.3 is 5.97 Å². The summed E-state index contributed by atoms with van der Waals surface area (Å²) in [6.45, 7) is 8.03. The van der Waals surface area contributed by atoms with E-state index in [1.165, 1.54) is 12.8 Å². The monoisotopic (exact) mass is 384 g/mol. The molecule has 5 nitrogen and oxygen atoms in total. The molecule has 28 heavy (non-hydrogen) atoms. The molecule has 1 heterocycles. The first-order valence-electron chi connectivity index (χ1n) is 10.3. The first-order chi connectivity index (χ1) is 13.3. The highest BCUT2D eigenvalue weighted by molar-refractivity contribution is 5.83. The fraction of sp³-hybridized carbons (Fsp3) is 0.565. The van der Waals surface area contributed by atoms with E-state index in [0.29, 0.717) is 24.6 Å². The number of hydrogen-bond donors (Lipinski definition) is 2. The second kappa shape index (κ2) is 8.91. The molecule has 0 saturated heterocycles. The molecule has 1 aliphatic carbocycles. The Balaban J connectivity index is 1.56. The number of fused-ring (bicyclic) bond motifs is 1. The minimum Gasteiger partial charge on any atom is -0.490 e. The highest BCUT2D eigenvalue weighted by Gasteiger charge is 2.30. The number of aromatic nitrogens is 1. The maximum absolute atomic E-state index is 10.6. The first kappa shape index (κ1) is 20.6. The van der Waals surface area contributed by atoms with E-state index in [2.05, 4.69) is 43.2 Å². The second-order valence-electron chi connectivity index (χ2n) is 8.96. The van der Waals surface area contributed by atoms with Crippen LogP contribution < -0.4 is 10.1 Å². The Morgan fingerprint density at radius 1 is 1.18 bits per heavy atom. The fourth-order valence-electron chi connectivity index (χ4n) is 3.99. The third kappa shape index (κ3) is 5.68. The van der Waals surface area contributed by atoms with Crippen LogP contribution in [-0.2, 0) is 11.3 Å². The predicted octanol–water partition coefficient (Wildman–Crippen LogP) is 4.78. The molecule has 0 atom stereocenters. The van der Waals surface area contributed by atoms with Crippen molar-refractivity contribution in [2.45, 2.75) is 65.5 Å². The van der Waals surface area contributed by atoms with Crippen molar-refractivity contribution < 1.29 is 14.6 Å². The molecule has 0 bridgehead atoms. The molecule has 0 unspecified atom stereocenters. The van der Waals surface area contributed by atoms with Gasteiger partial charge in [-0.15, -0.1) is 0 Å². The molecule has 2 aromatic rings. The molecule has 3 rings (SSSR count). The summed E-state index contributed by atoms with van der Waals surface area (Å²) in [5.74, 6) is 0.912. The minimum absolute atomic E-state index is 0.117. The van der Waals surface area contributed by atoms with Gasteiger partial charge in [0, 0.05) is 24.7 Å². The van der Waals surface area contributed by atoms with Gasteiger partial charge in [0.15, 0.2) is 0 Å². The Hall–Kier alpha value is -2.14. The third-order valence-electron chi connectivity index (χ3n) is 5.77. The van der Waals surface area contributed by atoms with Gasteiger partial charge in [-0.1, -0.05) is 26.8 Å². The Bertz CT molecular complexity index is 805. The molecule has 0 spiro atoms. The van der Waals surface area contributed by atoms with E-state index < -0.39 is 5.97 Å². The predicted molar refractivity (Wildman–Crippen MR) is 112 cm³/mol. The summed E-state index contributed by atoms with van der Waals surface area (Å²) in [6, 6.07) is 8.23. The van der Waals surface area contributed by atoms with E-state index >= 15 is 0 Å². The number of aliphatic carboxylic acids is 1. The minimum atomic E-state index is -0.793. The van der Waals surface area contributed by atoms with Gasteiger partial charge in [0.1, 0.15) is 5.75 Å². The fourth-order valence-corrected chi connectivity index (χ4v) is 3.99. The smallest absolute Gasteiger partial charge is 0.304 e. The summed E-state index contributed by atoms with van der Waals surface area (Å²) < 4.78 is 6.26. The van der Waals surface area contributed by atoms with Crippen molar-refractivity contribution in [2.75, 3.05) is 6.54 Å². The molecule has 1 fully saturated rings. The second-order valence-corrected chi connectivity index (χ2v) is 8.96. The molecule has 152 valence electrons. The molecule has 5 heteroatoms. The van der Waals surface area contributed by atoms with E-state index in [9.17, 15) is 4.79 Å². The van der Waals surface area contributed by atoms with E-state index in [-0.39, 0.29) is 6.42 Å². The van der Waals surface area contributed by atoms with Crippen LogP contribution >= 0.6 is 0 Å². The van der Waals surface area contributed by atoms with Crippen LogP contribution in [0.3, 0.4) is 0 Å². The number of nitrogens with one attached hydrogen (secondary N) is 1. The summed E-state index contributed by atoms with van der Waals surface area (Å²) in [5.41, 5.74) is 1.30. The zero-order valence-corrected chi connectivity index (χ0v) is 17.2. The summed E-state index contributed by atoms with van der Waals surface area (Å²) in [6.07, 6.45) is 7.02. The molecule has 0 aliphatic heterocycles. The summed E-state index contributed by atoms with van der Waals surface area (Å²) in [4.78, 5) is 15.0. The Morgan fingerprint density at radius 2 is 1.93 bits per heavy atom. The molecule has 2 N–H and O–H groups in total. The van der Waals surface area contributed by atoms with E-state index in [1.807, 2.05) is 18.3 Å². The number of pyridine rings is 1. The molecule has 1 aromatic heterocycles. The number of carboxylic acids is 1. The van der Waals surface area contributed by atoms with Crippen LogP contribution in [0, 0.1) is 11.3 Å². The van der Waals surface area contributed by atoms with Crippen molar-refractivity contribution in [2.24, 2.45) is 11.3 Å². The Labute approximate surface area is 167 Å². The molecule has 1 aliphatic rings. The standard InChI is InChI=1S/C23H32N2O3/c1-23(2,3)18-5-8-20(9-6-18)28-21-7-4-16-12-19(25-14-17(16)13-21)15-24-11-10-22(26)27/h4,7,12-14,18,20,24H,5-6,8-11,15H2,1-3H3,(H,26,27). The summed E-state index contributed by atoms with van der Waals surface area (Å²) >= 11 is 0. The van der Waals surface area contributed by atoms with E-state index in [0.717, 1.165) is 41.0 Å². The molecule has 0 amide bonds. The van der Waals surface area contributed by atoms with Crippen LogP contribution in [0.5, 0.6) is 5.75 Å². The van der Waals surface area contributed by atoms with Crippen LogP contribution in [0.1, 0.15) is 58.6 Å². The maximum atomic E-state index is 10.6. The van der Waals surface area contributed by atoms with Crippen molar-refractivity contribution >= 4 is 16.7 Å². The summed E-state index contributed by atoms with van der Waals surface area (Å²) in [5, 5.41) is 14.0. The quantitative estimate of drug-likeness (QED) is 0.672. The number of nitrogens with zero attached hydrogens (tertiary/aromatic N) is 1. The number of benzene rings is 1. The van der Waals surface area contributed by atoms with Crippen LogP contribution in [0.25, 0.3) is 10.8 Å². The Kier molecular flexibility index (Phi) is 6.55. The first-order valence-corrected chi connectivity index (χ1v) is 10.3. The van der Waals surface area contributed by atoms with Crippen molar-refractivity contribution in [1.29, 1.82) is 0 Å². The molecular formula is C23H32N2O3. The zero-order valence-electron chi connectivity index (χ0n) is 17.2. The lowest BCUT2D eigenvalue weighted by Gasteiger charge is -2.36. The van der Waals surface area contributed by atoms with Crippen molar-refractivity contribution in [3.8, 4) is 5.75 Å². The largest absolute Gasteiger partial charge is 0.490 e. The number of carboxylic acid groups (broad SMARTS) is 1. The lowest BCUT2D eigenvalue weighted by Crippen LogP contribution is -2.30. The van der Waals surface area contributed by atoms with Crippen molar-refractivity contribution in [1.82, 2.24) is 10.3 Å². The number of carbonyl (C=O) groups is 1. The van der Waals surface area contributed by atoms with E-state index in [4.69, 9.17) is 9.84 Å². The number of hydrogen-bond acceptors (Lipinski definition) is 4. The van der Waals surface area contributed by atoms with Crippen molar-refractivity contribution in [3.63, 3.8) is 0 Å². The molecule has 0 radical (unpaired) electrons. The van der Waals surface area contributed by atoms with Gasteiger partial charge in [0.2, 0.25) is 0 Å². The van der Waals surface area contributed by atoms with Gasteiger partial charge in [-0.25, -0.2) is 0 Å². The Morgan fingerprint density at radius 3 is 2.61 bits per heavy atom. The average Bonchev–Trinajstić information content (AvgIpc) is 2.65. The van der Waals surface area contributed by atoms with Gasteiger partial charge in [0.05, 0.1) is 18.2 Å². The van der Waals surface area contributed by atoms with Crippen LogP contribution in [0.4, 0.5) is 0 Å². The van der Waals surface area contributed by atoms with Crippen LogP contribution in [0.2, 0.25) is 0 Å².